The molecule has 6 heteroatoms. The van der Waals surface area contributed by atoms with Crippen molar-refractivity contribution < 1.29 is 28.2 Å². The SMILES string of the molecule is O=C(O)C(CO)CCC(F)(F)F. The third-order valence-electron chi connectivity index (χ3n) is 1.35. The van der Waals surface area contributed by atoms with E-state index in [0.717, 1.165) is 0 Å². The zero-order valence-corrected chi connectivity index (χ0v) is 6.14. The Kier molecular flexibility index (Phi) is 4.02. The number of hydrogen-bond acceptors (Lipinski definition) is 2. The van der Waals surface area contributed by atoms with Gasteiger partial charge in [0.25, 0.3) is 0 Å². The van der Waals surface area contributed by atoms with Gasteiger partial charge in [-0.05, 0) is 6.42 Å². The third-order valence-corrected chi connectivity index (χ3v) is 1.35. The first-order chi connectivity index (χ1) is 5.37. The van der Waals surface area contributed by atoms with Crippen LogP contribution in [0.1, 0.15) is 12.8 Å². The molecule has 0 bridgehead atoms. The molecule has 0 amide bonds. The van der Waals surface area contributed by atoms with Gasteiger partial charge in [-0.3, -0.25) is 4.79 Å². The third kappa shape index (κ3) is 4.95. The van der Waals surface area contributed by atoms with Crippen LogP contribution in [-0.4, -0.2) is 29.0 Å². The summed E-state index contributed by atoms with van der Waals surface area (Å²) in [5, 5.41) is 16.6. The molecular formula is C6H9F3O3. The largest absolute Gasteiger partial charge is 0.481 e. The van der Waals surface area contributed by atoms with Gasteiger partial charge < -0.3 is 10.2 Å². The zero-order chi connectivity index (χ0) is 9.78. The number of hydrogen-bond donors (Lipinski definition) is 2. The van der Waals surface area contributed by atoms with Crippen molar-refractivity contribution in [3.63, 3.8) is 0 Å². The molecule has 0 aromatic heterocycles. The summed E-state index contributed by atoms with van der Waals surface area (Å²) in [4.78, 5) is 10.1. The molecule has 0 spiro atoms. The summed E-state index contributed by atoms with van der Waals surface area (Å²) in [5.74, 6) is -2.71. The van der Waals surface area contributed by atoms with Crippen LogP contribution in [0.3, 0.4) is 0 Å². The van der Waals surface area contributed by atoms with E-state index in [0.29, 0.717) is 0 Å². The molecule has 1 unspecified atom stereocenters. The fourth-order valence-electron chi connectivity index (χ4n) is 0.631. The van der Waals surface area contributed by atoms with Crippen LogP contribution >= 0.6 is 0 Å². The molecule has 3 nitrogen and oxygen atoms in total. The number of carboxylic acid groups (broad SMARTS) is 1. The quantitative estimate of drug-likeness (QED) is 0.689. The summed E-state index contributed by atoms with van der Waals surface area (Å²) in [7, 11) is 0. The van der Waals surface area contributed by atoms with Crippen molar-refractivity contribution in [1.82, 2.24) is 0 Å². The van der Waals surface area contributed by atoms with Gasteiger partial charge in [0, 0.05) is 6.42 Å². The molecule has 0 aromatic rings. The van der Waals surface area contributed by atoms with Crippen LogP contribution < -0.4 is 0 Å². The lowest BCUT2D eigenvalue weighted by molar-refractivity contribution is -0.150. The molecule has 0 aliphatic heterocycles. The normalized spacial score (nSPS) is 14.3. The second-order valence-electron chi connectivity index (χ2n) is 2.37. The van der Waals surface area contributed by atoms with E-state index >= 15 is 0 Å². The number of carboxylic acids is 1. The number of halogens is 3. The molecule has 1 atom stereocenters. The molecule has 0 aromatic carbocycles. The Labute approximate surface area is 66.8 Å². The van der Waals surface area contributed by atoms with Crippen molar-refractivity contribution in [3.8, 4) is 0 Å². The number of aliphatic carboxylic acids is 1. The highest BCUT2D eigenvalue weighted by atomic mass is 19.4. The van der Waals surface area contributed by atoms with Crippen LogP contribution in [0.4, 0.5) is 13.2 Å². The molecule has 0 fully saturated rings. The van der Waals surface area contributed by atoms with Gasteiger partial charge in [-0.2, -0.15) is 13.2 Å². The van der Waals surface area contributed by atoms with E-state index in [2.05, 4.69) is 0 Å². The molecule has 0 aliphatic carbocycles. The van der Waals surface area contributed by atoms with Crippen molar-refractivity contribution >= 4 is 5.97 Å². The van der Waals surface area contributed by atoms with Gasteiger partial charge in [0.1, 0.15) is 0 Å². The van der Waals surface area contributed by atoms with E-state index in [-0.39, 0.29) is 0 Å². The Morgan fingerprint density at radius 2 is 1.92 bits per heavy atom. The van der Waals surface area contributed by atoms with Crippen LogP contribution in [0, 0.1) is 5.92 Å². The summed E-state index contributed by atoms with van der Waals surface area (Å²) in [6.07, 6.45) is -6.11. The lowest BCUT2D eigenvalue weighted by Crippen LogP contribution is -2.20. The second-order valence-corrected chi connectivity index (χ2v) is 2.37. The molecule has 0 rings (SSSR count). The lowest BCUT2D eigenvalue weighted by atomic mass is 10.1. The van der Waals surface area contributed by atoms with E-state index in [1.807, 2.05) is 0 Å². The average Bonchev–Trinajstić information content (AvgIpc) is 1.85. The average molecular weight is 186 g/mol. The van der Waals surface area contributed by atoms with Gasteiger partial charge in [0.05, 0.1) is 12.5 Å². The Hall–Kier alpha value is -0.780. The summed E-state index contributed by atoms with van der Waals surface area (Å²) in [6, 6.07) is 0. The van der Waals surface area contributed by atoms with Gasteiger partial charge >= 0.3 is 12.1 Å². The maximum atomic E-state index is 11.5. The van der Waals surface area contributed by atoms with Crippen LogP contribution in [0.15, 0.2) is 0 Å². The van der Waals surface area contributed by atoms with Gasteiger partial charge in [-0.15, -0.1) is 0 Å². The highest BCUT2D eigenvalue weighted by molar-refractivity contribution is 5.69. The standard InChI is InChI=1S/C6H9F3O3/c7-6(8,9)2-1-4(3-10)5(11)12/h4,10H,1-3H2,(H,11,12). The summed E-state index contributed by atoms with van der Waals surface area (Å²) >= 11 is 0. The van der Waals surface area contributed by atoms with Gasteiger partial charge in [-0.1, -0.05) is 0 Å². The maximum Gasteiger partial charge on any atom is 0.389 e. The number of aliphatic hydroxyl groups excluding tert-OH is 1. The first-order valence-corrected chi connectivity index (χ1v) is 3.27. The molecule has 2 N–H and O–H groups in total. The molecule has 0 heterocycles. The van der Waals surface area contributed by atoms with Crippen LogP contribution in [0.2, 0.25) is 0 Å². The predicted molar refractivity (Wildman–Crippen MR) is 33.5 cm³/mol. The monoisotopic (exact) mass is 186 g/mol. The number of aliphatic hydroxyl groups is 1. The lowest BCUT2D eigenvalue weighted by Gasteiger charge is -2.10. The Balaban J connectivity index is 3.81. The molecule has 0 aliphatic rings. The molecule has 72 valence electrons. The fraction of sp³-hybridized carbons (Fsp3) is 0.833. The van der Waals surface area contributed by atoms with E-state index < -0.39 is 37.5 Å². The van der Waals surface area contributed by atoms with Crippen molar-refractivity contribution in [1.29, 1.82) is 0 Å². The molecular weight excluding hydrogens is 177 g/mol. The van der Waals surface area contributed by atoms with Gasteiger partial charge in [0.2, 0.25) is 0 Å². The smallest absolute Gasteiger partial charge is 0.389 e. The maximum absolute atomic E-state index is 11.5. The molecule has 0 saturated heterocycles. The first-order valence-electron chi connectivity index (χ1n) is 3.27. The summed E-state index contributed by atoms with van der Waals surface area (Å²) in [5.41, 5.74) is 0. The van der Waals surface area contributed by atoms with Crippen LogP contribution in [-0.2, 0) is 4.79 Å². The number of carbonyl (C=O) groups is 1. The van der Waals surface area contributed by atoms with Gasteiger partial charge in [-0.25, -0.2) is 0 Å². The van der Waals surface area contributed by atoms with Gasteiger partial charge in [0.15, 0.2) is 0 Å². The summed E-state index contributed by atoms with van der Waals surface area (Å²) < 4.78 is 34.6. The van der Waals surface area contributed by atoms with E-state index in [1.54, 1.807) is 0 Å². The van der Waals surface area contributed by atoms with Crippen molar-refractivity contribution in [3.05, 3.63) is 0 Å². The van der Waals surface area contributed by atoms with E-state index in [4.69, 9.17) is 10.2 Å². The minimum absolute atomic E-state index is 0.574. The zero-order valence-electron chi connectivity index (χ0n) is 6.14. The molecule has 12 heavy (non-hydrogen) atoms. The fourth-order valence-corrected chi connectivity index (χ4v) is 0.631. The minimum Gasteiger partial charge on any atom is -0.481 e. The first kappa shape index (κ1) is 11.2. The van der Waals surface area contributed by atoms with Crippen LogP contribution in [0.5, 0.6) is 0 Å². The Morgan fingerprint density at radius 3 is 2.17 bits per heavy atom. The number of alkyl halides is 3. The minimum atomic E-state index is -4.36. The highest BCUT2D eigenvalue weighted by Gasteiger charge is 2.30. The Morgan fingerprint density at radius 1 is 1.42 bits per heavy atom. The van der Waals surface area contributed by atoms with Crippen molar-refractivity contribution in [2.24, 2.45) is 5.92 Å². The van der Waals surface area contributed by atoms with Crippen molar-refractivity contribution in [2.75, 3.05) is 6.61 Å². The highest BCUT2D eigenvalue weighted by Crippen LogP contribution is 2.23. The second kappa shape index (κ2) is 4.30. The summed E-state index contributed by atoms with van der Waals surface area (Å²) in [6.45, 7) is -0.759. The Bertz CT molecular complexity index is 155. The predicted octanol–water partition coefficient (Wildman–Crippen LogP) is 1.02. The van der Waals surface area contributed by atoms with Crippen LogP contribution in [0.25, 0.3) is 0 Å². The number of rotatable bonds is 4. The van der Waals surface area contributed by atoms with E-state index in [1.165, 1.54) is 0 Å². The molecule has 0 radical (unpaired) electrons. The van der Waals surface area contributed by atoms with Crippen molar-refractivity contribution in [2.45, 2.75) is 19.0 Å². The topological polar surface area (TPSA) is 57.5 Å². The molecule has 0 saturated carbocycles. The van der Waals surface area contributed by atoms with E-state index in [9.17, 15) is 18.0 Å².